The van der Waals surface area contributed by atoms with Gasteiger partial charge in [0.2, 0.25) is 5.91 Å². The fraction of sp³-hybridized carbons (Fsp3) is 0.222. The molecule has 2 N–H and O–H groups in total. The minimum absolute atomic E-state index is 0.104. The zero-order valence-electron chi connectivity index (χ0n) is 20.0. The number of carboxylic acids is 2. The van der Waals surface area contributed by atoms with E-state index in [2.05, 4.69) is 4.90 Å². The lowest BCUT2D eigenvalue weighted by Crippen LogP contribution is -2.49. The van der Waals surface area contributed by atoms with Crippen LogP contribution in [0.2, 0.25) is 0 Å². The summed E-state index contributed by atoms with van der Waals surface area (Å²) in [5.41, 5.74) is 3.16. The second-order valence-electron chi connectivity index (χ2n) is 8.39. The first-order valence-electron chi connectivity index (χ1n) is 11.6. The third-order valence-corrected chi connectivity index (χ3v) is 5.93. The van der Waals surface area contributed by atoms with Crippen LogP contribution in [-0.4, -0.2) is 69.0 Å². The number of carbonyl (C=O) groups is 3. The van der Waals surface area contributed by atoms with E-state index in [0.717, 1.165) is 36.3 Å². The van der Waals surface area contributed by atoms with Gasteiger partial charge in [-0.1, -0.05) is 72.8 Å². The first kappa shape index (κ1) is 27.0. The third kappa shape index (κ3) is 7.71. The second kappa shape index (κ2) is 12.9. The number of hydrogen-bond donors (Lipinski definition) is 2. The number of nitro benzene ring substituents is 1. The highest BCUT2D eigenvalue weighted by atomic mass is 16.6. The van der Waals surface area contributed by atoms with Crippen LogP contribution in [0.1, 0.15) is 22.6 Å². The van der Waals surface area contributed by atoms with Gasteiger partial charge in [0.25, 0.3) is 5.69 Å². The summed E-state index contributed by atoms with van der Waals surface area (Å²) in [7, 11) is 0. The Balaban J connectivity index is 0.000000568. The zero-order valence-corrected chi connectivity index (χ0v) is 20.0. The number of aliphatic carboxylic acids is 2. The van der Waals surface area contributed by atoms with Gasteiger partial charge in [-0.2, -0.15) is 0 Å². The van der Waals surface area contributed by atoms with E-state index in [-0.39, 0.29) is 22.4 Å². The number of nitrogens with zero attached hydrogens (tertiary/aromatic N) is 3. The Morgan fingerprint density at radius 1 is 0.757 bits per heavy atom. The molecule has 1 fully saturated rings. The number of amides is 1. The quantitative estimate of drug-likeness (QED) is 0.296. The Labute approximate surface area is 213 Å². The van der Waals surface area contributed by atoms with Crippen LogP contribution in [0.25, 0.3) is 0 Å². The maximum absolute atomic E-state index is 13.5. The Bertz CT molecular complexity index is 1160. The van der Waals surface area contributed by atoms with Gasteiger partial charge in [-0.25, -0.2) is 9.59 Å². The molecule has 0 bridgehead atoms. The molecule has 4 rings (SSSR count). The van der Waals surface area contributed by atoms with E-state index in [0.29, 0.717) is 13.1 Å². The molecule has 192 valence electrons. The van der Waals surface area contributed by atoms with Crippen molar-refractivity contribution in [2.45, 2.75) is 12.5 Å². The van der Waals surface area contributed by atoms with Gasteiger partial charge in [0, 0.05) is 44.9 Å². The molecule has 0 saturated carbocycles. The first-order chi connectivity index (χ1) is 17.8. The highest BCUT2D eigenvalue weighted by molar-refractivity contribution is 6.27. The molecule has 1 aliphatic rings. The van der Waals surface area contributed by atoms with Crippen LogP contribution in [0.4, 0.5) is 5.69 Å². The Hall–Kier alpha value is -4.57. The predicted molar refractivity (Wildman–Crippen MR) is 135 cm³/mol. The van der Waals surface area contributed by atoms with Crippen molar-refractivity contribution in [2.24, 2.45) is 0 Å². The van der Waals surface area contributed by atoms with Gasteiger partial charge in [-0.15, -0.1) is 0 Å². The van der Waals surface area contributed by atoms with Crippen molar-refractivity contribution in [1.29, 1.82) is 0 Å². The summed E-state index contributed by atoms with van der Waals surface area (Å²) in [5.74, 6) is -3.82. The maximum Gasteiger partial charge on any atom is 0.414 e. The van der Waals surface area contributed by atoms with Crippen molar-refractivity contribution >= 4 is 23.5 Å². The number of carbonyl (C=O) groups excluding carboxylic acids is 1. The molecular weight excluding hydrogens is 478 g/mol. The van der Waals surface area contributed by atoms with E-state index < -0.39 is 11.9 Å². The average molecular weight is 506 g/mol. The van der Waals surface area contributed by atoms with Crippen LogP contribution in [-0.2, 0) is 20.9 Å². The first-order valence-corrected chi connectivity index (χ1v) is 11.6. The lowest BCUT2D eigenvalue weighted by Gasteiger charge is -2.36. The summed E-state index contributed by atoms with van der Waals surface area (Å²) in [4.78, 5) is 46.4. The Morgan fingerprint density at radius 2 is 1.22 bits per heavy atom. The molecule has 37 heavy (non-hydrogen) atoms. The van der Waals surface area contributed by atoms with Gasteiger partial charge >= 0.3 is 11.9 Å². The predicted octanol–water partition coefficient (Wildman–Crippen LogP) is 3.23. The number of piperazine rings is 1. The van der Waals surface area contributed by atoms with Crippen molar-refractivity contribution in [3.63, 3.8) is 0 Å². The summed E-state index contributed by atoms with van der Waals surface area (Å²) in [6.45, 7) is 3.61. The van der Waals surface area contributed by atoms with Crippen LogP contribution in [0, 0.1) is 10.1 Å². The number of carboxylic acid groups (broad SMARTS) is 2. The molecule has 10 heteroatoms. The minimum atomic E-state index is -1.82. The Morgan fingerprint density at radius 3 is 1.62 bits per heavy atom. The van der Waals surface area contributed by atoms with Crippen LogP contribution in [0.3, 0.4) is 0 Å². The van der Waals surface area contributed by atoms with Crippen molar-refractivity contribution in [1.82, 2.24) is 9.80 Å². The second-order valence-corrected chi connectivity index (χ2v) is 8.39. The van der Waals surface area contributed by atoms with Crippen molar-refractivity contribution in [2.75, 3.05) is 26.2 Å². The standard InChI is InChI=1S/C25H25N3O3.C2H2O4/c29-25(24(21-7-3-1-4-8-21)22-9-5-2-6-10-22)27-17-15-26(16-18-27)19-20-11-13-23(14-12-20)28(30)31;3-1(4)2(5)6/h1-14,24H,15-19H2;(H,3,4)(H,5,6). The molecule has 0 aromatic heterocycles. The molecule has 1 aliphatic heterocycles. The van der Waals surface area contributed by atoms with Gasteiger partial charge in [0.15, 0.2) is 0 Å². The smallest absolute Gasteiger partial charge is 0.414 e. The number of benzene rings is 3. The van der Waals surface area contributed by atoms with Crippen molar-refractivity contribution < 1.29 is 29.5 Å². The van der Waals surface area contributed by atoms with Gasteiger partial charge in [-0.3, -0.25) is 19.8 Å². The Kier molecular flexibility index (Phi) is 9.45. The van der Waals surface area contributed by atoms with Crippen LogP contribution in [0.15, 0.2) is 84.9 Å². The molecule has 1 heterocycles. The molecule has 0 unspecified atom stereocenters. The van der Waals surface area contributed by atoms with E-state index in [1.807, 2.05) is 65.6 Å². The average Bonchev–Trinajstić information content (AvgIpc) is 2.91. The van der Waals surface area contributed by atoms with Gasteiger partial charge in [-0.05, 0) is 16.7 Å². The van der Waals surface area contributed by atoms with Crippen LogP contribution >= 0.6 is 0 Å². The van der Waals surface area contributed by atoms with Crippen molar-refractivity contribution in [3.8, 4) is 0 Å². The molecule has 0 aliphatic carbocycles. The summed E-state index contributed by atoms with van der Waals surface area (Å²) in [6.07, 6.45) is 0. The summed E-state index contributed by atoms with van der Waals surface area (Å²) < 4.78 is 0. The summed E-state index contributed by atoms with van der Waals surface area (Å²) >= 11 is 0. The van der Waals surface area contributed by atoms with E-state index in [1.165, 1.54) is 0 Å². The SMILES string of the molecule is O=C(C(c1ccccc1)c1ccccc1)N1CCN(Cc2ccc([N+](=O)[O-])cc2)CC1.O=C(O)C(=O)O. The number of hydrogen-bond acceptors (Lipinski definition) is 6. The molecule has 3 aromatic rings. The monoisotopic (exact) mass is 505 g/mol. The van der Waals surface area contributed by atoms with Gasteiger partial charge in [0.1, 0.15) is 0 Å². The highest BCUT2D eigenvalue weighted by Gasteiger charge is 2.29. The molecule has 0 radical (unpaired) electrons. The maximum atomic E-state index is 13.5. The van der Waals surface area contributed by atoms with Crippen LogP contribution < -0.4 is 0 Å². The zero-order chi connectivity index (χ0) is 26.8. The molecular formula is C27H27N3O7. The van der Waals surface area contributed by atoms with E-state index in [1.54, 1.807) is 24.3 Å². The number of rotatable bonds is 6. The minimum Gasteiger partial charge on any atom is -0.473 e. The topological polar surface area (TPSA) is 141 Å². The summed E-state index contributed by atoms with van der Waals surface area (Å²) in [6, 6.07) is 26.6. The highest BCUT2D eigenvalue weighted by Crippen LogP contribution is 2.27. The molecule has 1 saturated heterocycles. The fourth-order valence-electron chi connectivity index (χ4n) is 4.06. The van der Waals surface area contributed by atoms with Gasteiger partial charge in [0.05, 0.1) is 10.8 Å². The summed E-state index contributed by atoms with van der Waals surface area (Å²) in [5, 5.41) is 25.6. The molecule has 3 aromatic carbocycles. The molecule has 0 atom stereocenters. The normalized spacial score (nSPS) is 13.4. The third-order valence-electron chi connectivity index (χ3n) is 5.93. The largest absolute Gasteiger partial charge is 0.473 e. The van der Waals surface area contributed by atoms with Crippen LogP contribution in [0.5, 0.6) is 0 Å². The number of nitro groups is 1. The van der Waals surface area contributed by atoms with E-state index >= 15 is 0 Å². The fourth-order valence-corrected chi connectivity index (χ4v) is 4.06. The molecule has 1 amide bonds. The van der Waals surface area contributed by atoms with E-state index in [9.17, 15) is 14.9 Å². The van der Waals surface area contributed by atoms with Crippen molar-refractivity contribution in [3.05, 3.63) is 112 Å². The molecule has 10 nitrogen and oxygen atoms in total. The lowest BCUT2D eigenvalue weighted by molar-refractivity contribution is -0.384. The van der Waals surface area contributed by atoms with Gasteiger partial charge < -0.3 is 15.1 Å². The lowest BCUT2D eigenvalue weighted by atomic mass is 9.90. The van der Waals surface area contributed by atoms with E-state index in [4.69, 9.17) is 19.8 Å². The molecule has 0 spiro atoms. The number of non-ortho nitro benzene ring substituents is 1.